The maximum atomic E-state index is 11.9. The molecule has 0 spiro atoms. The quantitative estimate of drug-likeness (QED) is 0.774. The number of likely N-dealkylation sites (N-methyl/N-ethyl adjacent to an activating group) is 1. The fraction of sp³-hybridized carbons (Fsp3) is 0.733. The maximum absolute atomic E-state index is 11.9. The van der Waals surface area contributed by atoms with Crippen molar-refractivity contribution in [3.63, 3.8) is 0 Å². The van der Waals surface area contributed by atoms with Gasteiger partial charge in [-0.3, -0.25) is 10.2 Å². The summed E-state index contributed by atoms with van der Waals surface area (Å²) in [4.78, 5) is 14.3. The fourth-order valence-electron chi connectivity index (χ4n) is 2.44. The maximum Gasteiger partial charge on any atom is 0.320 e. The number of carbonyl (C=O) groups excluding carboxylic acids is 1. The smallest absolute Gasteiger partial charge is 0.320 e. The molecule has 0 fully saturated rings. The summed E-state index contributed by atoms with van der Waals surface area (Å²) in [5.41, 5.74) is 0. The van der Waals surface area contributed by atoms with E-state index >= 15 is 0 Å². The van der Waals surface area contributed by atoms with Gasteiger partial charge in [0.2, 0.25) is 0 Å². The van der Waals surface area contributed by atoms with Gasteiger partial charge in [-0.2, -0.15) is 0 Å². The van der Waals surface area contributed by atoms with Crippen LogP contribution in [-0.4, -0.2) is 41.8 Å². The average molecular weight is 296 g/mol. The molecule has 21 heavy (non-hydrogen) atoms. The summed E-state index contributed by atoms with van der Waals surface area (Å²) in [7, 11) is 0. The Hall–Kier alpha value is -1.56. The first-order valence-electron chi connectivity index (χ1n) is 7.68. The molecule has 0 bridgehead atoms. The number of nitrogens with one attached hydrogen (secondary N) is 2. The Balaban J connectivity index is 2.49. The molecule has 0 radical (unpaired) electrons. The summed E-state index contributed by atoms with van der Waals surface area (Å²) in [6.07, 6.45) is 1.06. The first-order valence-corrected chi connectivity index (χ1v) is 7.68. The number of aromatic nitrogens is 1. The topological polar surface area (TPSA) is 70.4 Å². The summed E-state index contributed by atoms with van der Waals surface area (Å²) in [5.74, 6) is 1.71. The van der Waals surface area contributed by atoms with E-state index in [0.29, 0.717) is 30.1 Å². The molecule has 0 aromatic carbocycles. The molecule has 0 saturated heterocycles. The Morgan fingerprint density at radius 1 is 1.38 bits per heavy atom. The zero-order valence-electron chi connectivity index (χ0n) is 13.8. The van der Waals surface area contributed by atoms with Crippen LogP contribution >= 0.6 is 0 Å². The molecule has 0 aliphatic rings. The zero-order valence-corrected chi connectivity index (χ0v) is 13.8. The standard InChI is InChI=1S/C15H28N4O2/c1-6-19(7-2)13(8-11(3)4)10-16-15(20)17-14-9-12(5)21-18-14/h9,11,13H,6-8,10H2,1-5H3,(H2,16,17,18,20). The molecule has 0 aliphatic carbocycles. The third-order valence-corrected chi connectivity index (χ3v) is 3.44. The van der Waals surface area contributed by atoms with E-state index in [0.717, 1.165) is 19.5 Å². The van der Waals surface area contributed by atoms with E-state index < -0.39 is 0 Å². The van der Waals surface area contributed by atoms with Gasteiger partial charge in [-0.25, -0.2) is 4.79 Å². The van der Waals surface area contributed by atoms with Crippen LogP contribution in [0.2, 0.25) is 0 Å². The molecule has 6 nitrogen and oxygen atoms in total. The van der Waals surface area contributed by atoms with E-state index in [9.17, 15) is 4.79 Å². The molecule has 1 atom stereocenters. The monoisotopic (exact) mass is 296 g/mol. The van der Waals surface area contributed by atoms with Gasteiger partial charge in [-0.15, -0.1) is 0 Å². The number of hydrogen-bond acceptors (Lipinski definition) is 4. The highest BCUT2D eigenvalue weighted by atomic mass is 16.5. The number of urea groups is 1. The number of amides is 2. The second-order valence-electron chi connectivity index (χ2n) is 5.66. The Morgan fingerprint density at radius 2 is 2.05 bits per heavy atom. The number of nitrogens with zero attached hydrogens (tertiary/aromatic N) is 2. The normalized spacial score (nSPS) is 12.7. The van der Waals surface area contributed by atoms with Crippen LogP contribution < -0.4 is 10.6 Å². The van der Waals surface area contributed by atoms with Crippen molar-refractivity contribution in [2.45, 2.75) is 47.1 Å². The van der Waals surface area contributed by atoms with E-state index in [2.05, 4.69) is 48.4 Å². The number of carbonyl (C=O) groups is 1. The van der Waals surface area contributed by atoms with Gasteiger partial charge in [-0.1, -0.05) is 32.9 Å². The van der Waals surface area contributed by atoms with Gasteiger partial charge in [0.1, 0.15) is 5.76 Å². The van der Waals surface area contributed by atoms with Crippen LogP contribution in [0.4, 0.5) is 10.6 Å². The van der Waals surface area contributed by atoms with Crippen molar-refractivity contribution in [1.29, 1.82) is 0 Å². The molecule has 1 aromatic heterocycles. The number of hydrogen-bond donors (Lipinski definition) is 2. The SMILES string of the molecule is CCN(CC)C(CNC(=O)Nc1cc(C)on1)CC(C)C. The molecule has 1 unspecified atom stereocenters. The Morgan fingerprint density at radius 3 is 2.52 bits per heavy atom. The highest BCUT2D eigenvalue weighted by Gasteiger charge is 2.18. The first-order chi connectivity index (χ1) is 9.96. The lowest BCUT2D eigenvalue weighted by Crippen LogP contribution is -2.45. The third-order valence-electron chi connectivity index (χ3n) is 3.44. The molecule has 1 aromatic rings. The van der Waals surface area contributed by atoms with Crippen molar-refractivity contribution in [2.75, 3.05) is 25.0 Å². The summed E-state index contributed by atoms with van der Waals surface area (Å²) >= 11 is 0. The van der Waals surface area contributed by atoms with Crippen molar-refractivity contribution in [2.24, 2.45) is 5.92 Å². The summed E-state index contributed by atoms with van der Waals surface area (Å²) < 4.78 is 4.92. The van der Waals surface area contributed by atoms with Crippen LogP contribution in [0.15, 0.2) is 10.6 Å². The van der Waals surface area contributed by atoms with Crippen molar-refractivity contribution in [3.05, 3.63) is 11.8 Å². The van der Waals surface area contributed by atoms with Crippen LogP contribution in [0.1, 0.15) is 39.9 Å². The summed E-state index contributed by atoms with van der Waals surface area (Å²) in [6, 6.07) is 1.80. The van der Waals surface area contributed by atoms with Gasteiger partial charge in [0.05, 0.1) is 0 Å². The van der Waals surface area contributed by atoms with Crippen molar-refractivity contribution >= 4 is 11.8 Å². The molecule has 1 rings (SSSR count). The minimum atomic E-state index is -0.246. The molecule has 2 amide bonds. The molecule has 6 heteroatoms. The molecule has 2 N–H and O–H groups in total. The van der Waals surface area contributed by atoms with Crippen LogP contribution in [-0.2, 0) is 0 Å². The van der Waals surface area contributed by atoms with Crippen molar-refractivity contribution < 1.29 is 9.32 Å². The largest absolute Gasteiger partial charge is 0.360 e. The highest BCUT2D eigenvalue weighted by Crippen LogP contribution is 2.11. The van der Waals surface area contributed by atoms with Crippen LogP contribution in [0.5, 0.6) is 0 Å². The average Bonchev–Trinajstić information content (AvgIpc) is 2.82. The van der Waals surface area contributed by atoms with Crippen LogP contribution in [0.3, 0.4) is 0 Å². The molecule has 120 valence electrons. The van der Waals surface area contributed by atoms with Crippen LogP contribution in [0.25, 0.3) is 0 Å². The Labute approximate surface area is 127 Å². The van der Waals surface area contributed by atoms with Gasteiger partial charge >= 0.3 is 6.03 Å². The second kappa shape index (κ2) is 8.67. The number of anilines is 1. The lowest BCUT2D eigenvalue weighted by atomic mass is 10.0. The van der Waals surface area contributed by atoms with Gasteiger partial charge in [-0.05, 0) is 32.4 Å². The van der Waals surface area contributed by atoms with E-state index in [1.54, 1.807) is 13.0 Å². The number of rotatable bonds is 8. The van der Waals surface area contributed by atoms with E-state index in [4.69, 9.17) is 4.52 Å². The van der Waals surface area contributed by atoms with Crippen molar-refractivity contribution in [1.82, 2.24) is 15.4 Å². The first kappa shape index (κ1) is 17.5. The fourth-order valence-corrected chi connectivity index (χ4v) is 2.44. The minimum absolute atomic E-state index is 0.246. The van der Waals surface area contributed by atoms with E-state index in [1.165, 1.54) is 0 Å². The molecule has 1 heterocycles. The van der Waals surface area contributed by atoms with Gasteiger partial charge in [0.15, 0.2) is 5.82 Å². The second-order valence-corrected chi connectivity index (χ2v) is 5.66. The Bertz CT molecular complexity index is 427. The molecular formula is C15H28N4O2. The third kappa shape index (κ3) is 6.16. The molecule has 0 saturated carbocycles. The molecular weight excluding hydrogens is 268 g/mol. The Kier molecular flexibility index (Phi) is 7.22. The van der Waals surface area contributed by atoms with Gasteiger partial charge < -0.3 is 9.84 Å². The van der Waals surface area contributed by atoms with Crippen molar-refractivity contribution in [3.8, 4) is 0 Å². The summed E-state index contributed by atoms with van der Waals surface area (Å²) in [6.45, 7) is 13.1. The molecule has 0 aliphatic heterocycles. The van der Waals surface area contributed by atoms with E-state index in [-0.39, 0.29) is 6.03 Å². The lowest BCUT2D eigenvalue weighted by Gasteiger charge is -2.31. The highest BCUT2D eigenvalue weighted by molar-refractivity contribution is 5.88. The zero-order chi connectivity index (χ0) is 15.8. The van der Waals surface area contributed by atoms with E-state index in [1.807, 2.05) is 0 Å². The summed E-state index contributed by atoms with van der Waals surface area (Å²) in [5, 5.41) is 9.34. The predicted octanol–water partition coefficient (Wildman–Crippen LogP) is 2.86. The lowest BCUT2D eigenvalue weighted by molar-refractivity contribution is 0.186. The predicted molar refractivity (Wildman–Crippen MR) is 84.4 cm³/mol. The minimum Gasteiger partial charge on any atom is -0.360 e. The van der Waals surface area contributed by atoms with Crippen LogP contribution in [0, 0.1) is 12.8 Å². The van der Waals surface area contributed by atoms with Gasteiger partial charge in [0, 0.05) is 18.7 Å². The van der Waals surface area contributed by atoms with Gasteiger partial charge in [0.25, 0.3) is 0 Å². The number of aryl methyl sites for hydroxylation is 1.